The van der Waals surface area contributed by atoms with Gasteiger partial charge in [-0.05, 0) is 47.0 Å². The highest BCUT2D eigenvalue weighted by Gasteiger charge is 2.36. The summed E-state index contributed by atoms with van der Waals surface area (Å²) in [6, 6.07) is 0.735. The molecule has 3 nitrogen and oxygen atoms in total. The lowest BCUT2D eigenvalue weighted by molar-refractivity contribution is -0.146. The van der Waals surface area contributed by atoms with Crippen LogP contribution in [0.4, 0.5) is 0 Å². The van der Waals surface area contributed by atoms with E-state index < -0.39 is 5.41 Å². The highest BCUT2D eigenvalue weighted by molar-refractivity contribution is 5.82. The van der Waals surface area contributed by atoms with Gasteiger partial charge >= 0.3 is 0 Å². The van der Waals surface area contributed by atoms with E-state index in [1.165, 1.54) is 6.42 Å². The highest BCUT2D eigenvalue weighted by atomic mass is 16.2. The van der Waals surface area contributed by atoms with Gasteiger partial charge in [-0.15, -0.1) is 0 Å². The molecule has 0 spiro atoms. The minimum absolute atomic E-state index is 0.213. The smallest absolute Gasteiger partial charge is 0.229 e. The molecule has 0 radical (unpaired) electrons. The number of rotatable bonds is 2. The summed E-state index contributed by atoms with van der Waals surface area (Å²) in [7, 11) is 0. The zero-order valence-electron chi connectivity index (χ0n) is 10.4. The number of nitrogens with two attached hydrogens (primary N) is 1. The second-order valence-corrected chi connectivity index (χ2v) is 5.43. The molecule has 88 valence electrons. The molecule has 0 unspecified atom stereocenters. The Balaban J connectivity index is 2.80. The number of piperidine rings is 1. The summed E-state index contributed by atoms with van der Waals surface area (Å²) < 4.78 is 0. The Morgan fingerprint density at radius 2 is 1.80 bits per heavy atom. The minimum Gasteiger partial charge on any atom is -0.337 e. The molecule has 1 aliphatic heterocycles. The number of hydrogen-bond acceptors (Lipinski definition) is 2. The molecule has 1 rings (SSSR count). The Bertz CT molecular complexity index is 228. The second kappa shape index (κ2) is 4.52. The molecule has 0 aromatic carbocycles. The summed E-state index contributed by atoms with van der Waals surface area (Å²) >= 11 is 0. The molecule has 0 aromatic heterocycles. The van der Waals surface area contributed by atoms with E-state index in [2.05, 4.69) is 13.8 Å². The maximum absolute atomic E-state index is 12.3. The summed E-state index contributed by atoms with van der Waals surface area (Å²) in [5.41, 5.74) is 5.24. The first-order chi connectivity index (χ1) is 6.90. The van der Waals surface area contributed by atoms with Crippen LogP contribution in [0.1, 0.15) is 47.0 Å². The van der Waals surface area contributed by atoms with Gasteiger partial charge in [0.15, 0.2) is 0 Å². The van der Waals surface area contributed by atoms with Gasteiger partial charge in [-0.25, -0.2) is 0 Å². The molecule has 1 amide bonds. The summed E-state index contributed by atoms with van der Waals surface area (Å²) in [4.78, 5) is 14.4. The number of amides is 1. The van der Waals surface area contributed by atoms with E-state index in [4.69, 9.17) is 5.73 Å². The highest BCUT2D eigenvalue weighted by Crippen LogP contribution is 2.28. The van der Waals surface area contributed by atoms with Gasteiger partial charge in [-0.1, -0.05) is 0 Å². The van der Waals surface area contributed by atoms with E-state index in [0.29, 0.717) is 18.6 Å². The third-order valence-electron chi connectivity index (χ3n) is 3.52. The van der Waals surface area contributed by atoms with Crippen LogP contribution in [0.2, 0.25) is 0 Å². The van der Waals surface area contributed by atoms with E-state index in [-0.39, 0.29) is 5.91 Å². The van der Waals surface area contributed by atoms with Gasteiger partial charge in [-0.3, -0.25) is 4.79 Å². The van der Waals surface area contributed by atoms with Crippen LogP contribution in [0.5, 0.6) is 0 Å². The fraction of sp³-hybridized carbons (Fsp3) is 0.917. The molecule has 2 atom stereocenters. The van der Waals surface area contributed by atoms with Crippen molar-refractivity contribution in [2.75, 3.05) is 6.54 Å². The van der Waals surface area contributed by atoms with Gasteiger partial charge in [0.05, 0.1) is 5.41 Å². The van der Waals surface area contributed by atoms with Gasteiger partial charge in [0.1, 0.15) is 0 Å². The Morgan fingerprint density at radius 1 is 1.33 bits per heavy atom. The van der Waals surface area contributed by atoms with Crippen LogP contribution >= 0.6 is 0 Å². The SMILES string of the molecule is C[C@@H]1CCC[C@@H](C)N1C(=O)C(C)(C)CN. The van der Waals surface area contributed by atoms with Crippen LogP contribution in [0.3, 0.4) is 0 Å². The standard InChI is InChI=1S/C12H24N2O/c1-9-6-5-7-10(2)14(9)11(15)12(3,4)8-13/h9-10H,5-8,13H2,1-4H3/t9-,10-/m1/s1. The molecular weight excluding hydrogens is 188 g/mol. The molecule has 0 aromatic rings. The first-order valence-corrected chi connectivity index (χ1v) is 5.93. The fourth-order valence-corrected chi connectivity index (χ4v) is 2.26. The van der Waals surface area contributed by atoms with Crippen molar-refractivity contribution in [3.8, 4) is 0 Å². The molecule has 1 heterocycles. The van der Waals surface area contributed by atoms with Crippen LogP contribution in [0.15, 0.2) is 0 Å². The first kappa shape index (κ1) is 12.5. The van der Waals surface area contributed by atoms with Gasteiger partial charge in [0, 0.05) is 18.6 Å². The van der Waals surface area contributed by atoms with Crippen LogP contribution in [0, 0.1) is 5.41 Å². The number of nitrogens with zero attached hydrogens (tertiary/aromatic N) is 1. The molecular formula is C12H24N2O. The summed E-state index contributed by atoms with van der Waals surface area (Å²) in [5, 5.41) is 0. The Kier molecular flexibility index (Phi) is 3.77. The maximum atomic E-state index is 12.3. The third-order valence-corrected chi connectivity index (χ3v) is 3.52. The molecule has 1 aliphatic rings. The van der Waals surface area contributed by atoms with Crippen LogP contribution < -0.4 is 5.73 Å². The van der Waals surface area contributed by atoms with Gasteiger partial charge in [-0.2, -0.15) is 0 Å². The van der Waals surface area contributed by atoms with Crippen molar-refractivity contribution in [2.24, 2.45) is 11.1 Å². The van der Waals surface area contributed by atoms with Crippen molar-refractivity contribution >= 4 is 5.91 Å². The zero-order chi connectivity index (χ0) is 11.6. The molecule has 2 N–H and O–H groups in total. The average Bonchev–Trinajstić information content (AvgIpc) is 2.17. The number of carbonyl (C=O) groups excluding carboxylic acids is 1. The summed E-state index contributed by atoms with van der Waals surface area (Å²) in [6.45, 7) is 8.56. The molecule has 1 fully saturated rings. The van der Waals surface area contributed by atoms with Crippen molar-refractivity contribution < 1.29 is 4.79 Å². The van der Waals surface area contributed by atoms with Gasteiger partial charge in [0.2, 0.25) is 5.91 Å². The van der Waals surface area contributed by atoms with E-state index >= 15 is 0 Å². The van der Waals surface area contributed by atoms with Gasteiger partial charge < -0.3 is 10.6 Å². The van der Waals surface area contributed by atoms with Crippen LogP contribution in [-0.4, -0.2) is 29.4 Å². The normalized spacial score (nSPS) is 27.9. The third kappa shape index (κ3) is 2.51. The molecule has 3 heteroatoms. The number of carbonyl (C=O) groups is 1. The topological polar surface area (TPSA) is 46.3 Å². The average molecular weight is 212 g/mol. The largest absolute Gasteiger partial charge is 0.337 e. The van der Waals surface area contributed by atoms with Crippen molar-refractivity contribution in [3.63, 3.8) is 0 Å². The monoisotopic (exact) mass is 212 g/mol. The number of hydrogen-bond donors (Lipinski definition) is 1. The lowest BCUT2D eigenvalue weighted by atomic mass is 9.87. The quantitative estimate of drug-likeness (QED) is 0.758. The van der Waals surface area contributed by atoms with Crippen molar-refractivity contribution in [3.05, 3.63) is 0 Å². The predicted molar refractivity (Wildman–Crippen MR) is 62.5 cm³/mol. The molecule has 0 saturated carbocycles. The summed E-state index contributed by atoms with van der Waals surface area (Å²) in [5.74, 6) is 0.213. The predicted octanol–water partition coefficient (Wildman–Crippen LogP) is 1.76. The lowest BCUT2D eigenvalue weighted by Gasteiger charge is -2.42. The fourth-order valence-electron chi connectivity index (χ4n) is 2.26. The van der Waals surface area contributed by atoms with Crippen molar-refractivity contribution in [2.45, 2.75) is 59.0 Å². The van der Waals surface area contributed by atoms with Crippen molar-refractivity contribution in [1.29, 1.82) is 0 Å². The Morgan fingerprint density at radius 3 is 2.20 bits per heavy atom. The number of likely N-dealkylation sites (tertiary alicyclic amines) is 1. The van der Waals surface area contributed by atoms with Crippen LogP contribution in [-0.2, 0) is 4.79 Å². The molecule has 0 bridgehead atoms. The zero-order valence-corrected chi connectivity index (χ0v) is 10.4. The van der Waals surface area contributed by atoms with Gasteiger partial charge in [0.25, 0.3) is 0 Å². The van der Waals surface area contributed by atoms with E-state index in [9.17, 15) is 4.79 Å². The Labute approximate surface area is 93.0 Å². The summed E-state index contributed by atoms with van der Waals surface area (Å²) in [6.07, 6.45) is 3.47. The molecule has 0 aliphatic carbocycles. The lowest BCUT2D eigenvalue weighted by Crippen LogP contribution is -2.53. The van der Waals surface area contributed by atoms with E-state index in [0.717, 1.165) is 12.8 Å². The second-order valence-electron chi connectivity index (χ2n) is 5.43. The van der Waals surface area contributed by atoms with E-state index in [1.807, 2.05) is 18.7 Å². The maximum Gasteiger partial charge on any atom is 0.229 e. The molecule has 15 heavy (non-hydrogen) atoms. The first-order valence-electron chi connectivity index (χ1n) is 5.93. The van der Waals surface area contributed by atoms with E-state index in [1.54, 1.807) is 0 Å². The van der Waals surface area contributed by atoms with Crippen LogP contribution in [0.25, 0.3) is 0 Å². The molecule has 1 saturated heterocycles. The van der Waals surface area contributed by atoms with Crippen molar-refractivity contribution in [1.82, 2.24) is 4.90 Å². The minimum atomic E-state index is -0.417. The Hall–Kier alpha value is -0.570.